The summed E-state index contributed by atoms with van der Waals surface area (Å²) in [6.45, 7) is 1.80. The fourth-order valence-electron chi connectivity index (χ4n) is 2.53. The van der Waals surface area contributed by atoms with Crippen molar-refractivity contribution >= 4 is 40.6 Å². The van der Waals surface area contributed by atoms with Crippen LogP contribution < -0.4 is 19.9 Å². The number of carbonyl (C=O) groups is 2. The third kappa shape index (κ3) is 4.17. The number of aliphatic imine (C=N–C) groups is 1. The summed E-state index contributed by atoms with van der Waals surface area (Å²) in [6, 6.07) is 9.81. The standard InChI is InChI=1S/C20H18N2O5S/c1-11-4-5-13(19(24)25)8-15(11)21-20-22-18(23)17(28-20)9-12-6-7-14(26-2)10-16(12)27-3/h4-10H,1-3H3,(H,24,25)(H,21,22,23)/p-1/b17-9-. The number of carbonyl (C=O) groups excluding carboxylic acids is 2. The van der Waals surface area contributed by atoms with E-state index in [1.165, 1.54) is 12.1 Å². The summed E-state index contributed by atoms with van der Waals surface area (Å²) < 4.78 is 10.5. The lowest BCUT2D eigenvalue weighted by molar-refractivity contribution is -0.255. The van der Waals surface area contributed by atoms with Gasteiger partial charge in [0.2, 0.25) is 0 Å². The number of benzene rings is 2. The van der Waals surface area contributed by atoms with Crippen LogP contribution in [0.1, 0.15) is 21.5 Å². The Labute approximate surface area is 166 Å². The van der Waals surface area contributed by atoms with Crippen molar-refractivity contribution in [2.24, 2.45) is 4.99 Å². The van der Waals surface area contributed by atoms with E-state index in [4.69, 9.17) is 9.47 Å². The van der Waals surface area contributed by atoms with E-state index in [1.807, 2.05) is 0 Å². The summed E-state index contributed by atoms with van der Waals surface area (Å²) in [4.78, 5) is 28.2. The molecule has 0 unspecified atom stereocenters. The first kappa shape index (κ1) is 19.5. The predicted octanol–water partition coefficient (Wildman–Crippen LogP) is 2.27. The first-order valence-electron chi connectivity index (χ1n) is 8.25. The molecule has 0 atom stereocenters. The van der Waals surface area contributed by atoms with Crippen LogP contribution in [0.5, 0.6) is 11.5 Å². The molecule has 1 heterocycles. The van der Waals surface area contributed by atoms with Crippen LogP contribution in [0.3, 0.4) is 0 Å². The van der Waals surface area contributed by atoms with Gasteiger partial charge in [-0.1, -0.05) is 12.1 Å². The molecular weight excluding hydrogens is 380 g/mol. The number of aryl methyl sites for hydroxylation is 1. The normalized spacial score (nSPS) is 16.3. The first-order valence-corrected chi connectivity index (χ1v) is 9.06. The fourth-order valence-corrected chi connectivity index (χ4v) is 3.35. The monoisotopic (exact) mass is 397 g/mol. The van der Waals surface area contributed by atoms with E-state index in [0.29, 0.717) is 27.3 Å². The van der Waals surface area contributed by atoms with Crippen LogP contribution >= 0.6 is 11.8 Å². The van der Waals surface area contributed by atoms with E-state index in [9.17, 15) is 14.7 Å². The molecule has 2 aromatic carbocycles. The van der Waals surface area contributed by atoms with E-state index >= 15 is 0 Å². The Bertz CT molecular complexity index is 1010. The molecule has 0 radical (unpaired) electrons. The molecule has 1 aliphatic rings. The molecule has 28 heavy (non-hydrogen) atoms. The van der Waals surface area contributed by atoms with Gasteiger partial charge < -0.3 is 24.7 Å². The average Bonchev–Trinajstić information content (AvgIpc) is 3.02. The Morgan fingerprint density at radius 2 is 1.96 bits per heavy atom. The van der Waals surface area contributed by atoms with Crippen molar-refractivity contribution in [3.05, 3.63) is 58.0 Å². The number of amidine groups is 1. The number of rotatable bonds is 5. The smallest absolute Gasteiger partial charge is 0.264 e. The third-order valence-electron chi connectivity index (χ3n) is 4.04. The van der Waals surface area contributed by atoms with Crippen LogP contribution in [-0.4, -0.2) is 31.3 Å². The van der Waals surface area contributed by atoms with Gasteiger partial charge in [-0.15, -0.1) is 0 Å². The van der Waals surface area contributed by atoms with E-state index < -0.39 is 5.97 Å². The second-order valence-electron chi connectivity index (χ2n) is 5.88. The van der Waals surface area contributed by atoms with Crippen molar-refractivity contribution in [2.45, 2.75) is 6.92 Å². The lowest BCUT2D eigenvalue weighted by atomic mass is 10.1. The molecule has 3 rings (SSSR count). The Hall–Kier alpha value is -3.26. The van der Waals surface area contributed by atoms with Crippen LogP contribution in [0.25, 0.3) is 6.08 Å². The molecule has 0 aromatic heterocycles. The second-order valence-corrected chi connectivity index (χ2v) is 6.91. The molecule has 8 heteroatoms. The third-order valence-corrected chi connectivity index (χ3v) is 4.95. The van der Waals surface area contributed by atoms with Gasteiger partial charge in [0.25, 0.3) is 5.91 Å². The maximum absolute atomic E-state index is 12.3. The Kier molecular flexibility index (Phi) is 5.70. The highest BCUT2D eigenvalue weighted by atomic mass is 32.2. The van der Waals surface area contributed by atoms with Crippen molar-refractivity contribution in [1.29, 1.82) is 0 Å². The minimum Gasteiger partial charge on any atom is -0.545 e. The van der Waals surface area contributed by atoms with Crippen LogP contribution in [0.4, 0.5) is 5.69 Å². The van der Waals surface area contributed by atoms with E-state index in [0.717, 1.165) is 22.9 Å². The summed E-state index contributed by atoms with van der Waals surface area (Å²) in [6.07, 6.45) is 1.70. The fraction of sp³-hybridized carbons (Fsp3) is 0.150. The summed E-state index contributed by atoms with van der Waals surface area (Å²) in [5.41, 5.74) is 1.98. The predicted molar refractivity (Wildman–Crippen MR) is 106 cm³/mol. The van der Waals surface area contributed by atoms with Crippen LogP contribution in [0.2, 0.25) is 0 Å². The molecule has 1 fully saturated rings. The van der Waals surface area contributed by atoms with Crippen molar-refractivity contribution in [2.75, 3.05) is 14.2 Å². The highest BCUT2D eigenvalue weighted by Gasteiger charge is 2.24. The molecule has 1 amide bonds. The van der Waals surface area contributed by atoms with Gasteiger partial charge in [-0.25, -0.2) is 4.99 Å². The highest BCUT2D eigenvalue weighted by Crippen LogP contribution is 2.32. The number of carboxylic acid groups (broad SMARTS) is 1. The molecule has 0 aliphatic carbocycles. The number of carboxylic acids is 1. The van der Waals surface area contributed by atoms with Crippen molar-refractivity contribution < 1.29 is 24.2 Å². The van der Waals surface area contributed by atoms with Gasteiger partial charge in [0.1, 0.15) is 11.5 Å². The van der Waals surface area contributed by atoms with Gasteiger partial charge in [-0.3, -0.25) is 4.79 Å². The van der Waals surface area contributed by atoms with Crippen LogP contribution in [0.15, 0.2) is 46.3 Å². The van der Waals surface area contributed by atoms with Crippen molar-refractivity contribution in [3.63, 3.8) is 0 Å². The number of ether oxygens (including phenoxy) is 2. The maximum atomic E-state index is 12.3. The van der Waals surface area contributed by atoms with E-state index in [-0.39, 0.29) is 11.5 Å². The molecule has 144 valence electrons. The Morgan fingerprint density at radius 3 is 2.64 bits per heavy atom. The quantitative estimate of drug-likeness (QED) is 0.777. The second kappa shape index (κ2) is 8.18. The molecule has 0 saturated carbocycles. The summed E-state index contributed by atoms with van der Waals surface area (Å²) >= 11 is 1.16. The molecule has 1 saturated heterocycles. The zero-order chi connectivity index (χ0) is 20.3. The number of thioether (sulfide) groups is 1. The van der Waals surface area contributed by atoms with Crippen molar-refractivity contribution in [3.8, 4) is 11.5 Å². The average molecular weight is 397 g/mol. The number of nitrogens with zero attached hydrogens (tertiary/aromatic N) is 1. The van der Waals surface area contributed by atoms with Gasteiger partial charge in [0, 0.05) is 11.6 Å². The first-order chi connectivity index (χ1) is 13.4. The molecule has 7 nitrogen and oxygen atoms in total. The lowest BCUT2D eigenvalue weighted by Gasteiger charge is -2.07. The van der Waals surface area contributed by atoms with Crippen LogP contribution in [0, 0.1) is 6.92 Å². The topological polar surface area (TPSA) is 100 Å². The minimum absolute atomic E-state index is 0.0259. The van der Waals surface area contributed by atoms with E-state index in [2.05, 4.69) is 10.3 Å². The van der Waals surface area contributed by atoms with Gasteiger partial charge in [0.05, 0.1) is 30.8 Å². The zero-order valence-electron chi connectivity index (χ0n) is 15.4. The number of nitrogens with one attached hydrogen (secondary N) is 1. The molecule has 1 N–H and O–H groups in total. The number of hydrogen-bond acceptors (Lipinski definition) is 7. The Balaban J connectivity index is 1.90. The van der Waals surface area contributed by atoms with Gasteiger partial charge in [-0.2, -0.15) is 0 Å². The largest absolute Gasteiger partial charge is 0.545 e. The molecule has 0 bridgehead atoms. The van der Waals surface area contributed by atoms with Gasteiger partial charge >= 0.3 is 0 Å². The molecule has 0 spiro atoms. The molecular formula is C20H17N2O5S-. The van der Waals surface area contributed by atoms with Crippen molar-refractivity contribution in [1.82, 2.24) is 5.32 Å². The minimum atomic E-state index is -1.28. The SMILES string of the molecule is COc1ccc(/C=C2\SC(=Nc3cc(C(=O)[O-])ccc3C)NC2=O)c(OC)c1. The molecule has 2 aromatic rings. The van der Waals surface area contributed by atoms with Gasteiger partial charge in [0.15, 0.2) is 5.17 Å². The highest BCUT2D eigenvalue weighted by molar-refractivity contribution is 8.18. The lowest BCUT2D eigenvalue weighted by Crippen LogP contribution is -2.22. The maximum Gasteiger partial charge on any atom is 0.264 e. The summed E-state index contributed by atoms with van der Waals surface area (Å²) in [5, 5.41) is 14.1. The Morgan fingerprint density at radius 1 is 1.18 bits per heavy atom. The van der Waals surface area contributed by atoms with Crippen LogP contribution in [-0.2, 0) is 4.79 Å². The summed E-state index contributed by atoms with van der Waals surface area (Å²) in [5.74, 6) is -0.358. The number of amides is 1. The summed E-state index contributed by atoms with van der Waals surface area (Å²) in [7, 11) is 3.10. The zero-order valence-corrected chi connectivity index (χ0v) is 16.3. The number of aromatic carboxylic acids is 1. The number of hydrogen-bond donors (Lipinski definition) is 1. The van der Waals surface area contributed by atoms with E-state index in [1.54, 1.807) is 51.5 Å². The molecule has 1 aliphatic heterocycles. The number of methoxy groups -OCH3 is 2. The van der Waals surface area contributed by atoms with Gasteiger partial charge in [-0.05, 0) is 54.1 Å².